The van der Waals surface area contributed by atoms with Crippen LogP contribution in [0.15, 0.2) is 60.7 Å². The largest absolute Gasteiger partial charge is 0.756 e. The van der Waals surface area contributed by atoms with Gasteiger partial charge in [-0.2, -0.15) is 0 Å². The Morgan fingerprint density at radius 3 is 1.72 bits per heavy atom. The average molecular weight is 567 g/mol. The first-order chi connectivity index (χ1) is 18.7. The summed E-state index contributed by atoms with van der Waals surface area (Å²) in [5.41, 5.74) is 4.86. The molecule has 0 aliphatic carbocycles. The molecule has 0 fully saturated rings. The second kappa shape index (κ2) is 17.1. The number of esters is 4. The van der Waals surface area contributed by atoms with Gasteiger partial charge in [0.05, 0.1) is 13.2 Å². The van der Waals surface area contributed by atoms with Gasteiger partial charge in [0.2, 0.25) is 0 Å². The van der Waals surface area contributed by atoms with Gasteiger partial charge in [0.25, 0.3) is 7.82 Å². The summed E-state index contributed by atoms with van der Waals surface area (Å²) in [5, 5.41) is 0. The minimum atomic E-state index is -4.77. The molecule has 0 amide bonds. The van der Waals surface area contributed by atoms with E-state index in [2.05, 4.69) is 14.8 Å². The van der Waals surface area contributed by atoms with Gasteiger partial charge in [-0.3, -0.25) is 23.7 Å². The zero-order chi connectivity index (χ0) is 28.5. The van der Waals surface area contributed by atoms with Crippen molar-refractivity contribution in [3.05, 3.63) is 71.8 Å². The lowest BCUT2D eigenvalue weighted by atomic mass is 10.2. The first kappa shape index (κ1) is 31.6. The van der Waals surface area contributed by atoms with Crippen LogP contribution in [-0.2, 0) is 65.0 Å². The third kappa shape index (κ3) is 14.2. The summed E-state index contributed by atoms with van der Waals surface area (Å²) in [6.45, 7) is -1.66. The van der Waals surface area contributed by atoms with Crippen molar-refractivity contribution in [2.75, 3.05) is 26.4 Å². The van der Waals surface area contributed by atoms with E-state index in [0.29, 0.717) is 11.1 Å². The summed E-state index contributed by atoms with van der Waals surface area (Å²) >= 11 is 0. The van der Waals surface area contributed by atoms with Gasteiger partial charge in [0, 0.05) is 0 Å². The molecule has 0 aromatic heterocycles. The van der Waals surface area contributed by atoms with Crippen LogP contribution < -0.4 is 10.6 Å². The summed E-state index contributed by atoms with van der Waals surface area (Å²) in [7, 11) is -4.77. The van der Waals surface area contributed by atoms with Crippen LogP contribution in [-0.4, -0.2) is 56.3 Å². The molecule has 0 aliphatic rings. The predicted molar refractivity (Wildman–Crippen MR) is 130 cm³/mol. The van der Waals surface area contributed by atoms with Crippen LogP contribution >= 0.6 is 7.82 Å². The molecule has 0 heterocycles. The number of hydrogen-bond donors (Lipinski definition) is 1. The van der Waals surface area contributed by atoms with Crippen molar-refractivity contribution < 1.29 is 62.4 Å². The molecule has 13 nitrogen and oxygen atoms in total. The Morgan fingerprint density at radius 1 is 0.718 bits per heavy atom. The van der Waals surface area contributed by atoms with Gasteiger partial charge >= 0.3 is 23.9 Å². The zero-order valence-electron chi connectivity index (χ0n) is 21.1. The standard InChI is InChI=1S/C25H30NO12P/c26-11-12-36-39(31,32)37-18-21(38-25(30)14-24(29)34-16-20-9-5-2-6-10-20)17-35-23(28)13-22(27)33-15-19-7-3-1-4-8-19/h1-10,21H,11-18,26H2,(H,31,32). The van der Waals surface area contributed by atoms with Crippen molar-refractivity contribution in [1.29, 1.82) is 0 Å². The molecule has 0 radical (unpaired) electrons. The Balaban J connectivity index is 1.85. The number of carbonyl (C=O) groups excluding carboxylic acids is 4. The molecule has 0 saturated heterocycles. The molecule has 2 rings (SSSR count). The van der Waals surface area contributed by atoms with Crippen LogP contribution in [0.1, 0.15) is 24.0 Å². The summed E-state index contributed by atoms with van der Waals surface area (Å²) in [6, 6.07) is 17.5. The Bertz CT molecular complexity index is 1110. The topological polar surface area (TPSA) is 191 Å². The Hall–Kier alpha value is -3.61. The van der Waals surface area contributed by atoms with Crippen LogP contribution in [0.2, 0.25) is 0 Å². The van der Waals surface area contributed by atoms with Crippen molar-refractivity contribution in [1.82, 2.24) is 0 Å². The van der Waals surface area contributed by atoms with E-state index in [1.807, 2.05) is 0 Å². The van der Waals surface area contributed by atoms with Crippen molar-refractivity contribution in [3.63, 3.8) is 0 Å². The highest BCUT2D eigenvalue weighted by Crippen LogP contribution is 2.38. The maximum atomic E-state index is 12.2. The molecule has 0 spiro atoms. The lowest BCUT2D eigenvalue weighted by molar-refractivity contribution is -0.373. The smallest absolute Gasteiger partial charge is 0.317 e. The number of ether oxygens (including phenoxy) is 4. The normalized spacial score (nSPS) is 13.0. The van der Waals surface area contributed by atoms with Crippen LogP contribution in [0.25, 0.3) is 0 Å². The number of rotatable bonds is 17. The second-order valence-electron chi connectivity index (χ2n) is 7.87. The van der Waals surface area contributed by atoms with Crippen molar-refractivity contribution >= 4 is 31.7 Å². The number of phosphoric ester groups is 1. The lowest BCUT2D eigenvalue weighted by Crippen LogP contribution is -2.52. The first-order valence-electron chi connectivity index (χ1n) is 11.8. The van der Waals surface area contributed by atoms with Crippen LogP contribution in [0, 0.1) is 0 Å². The summed E-state index contributed by atoms with van der Waals surface area (Å²) in [4.78, 5) is 60.0. The fourth-order valence-corrected chi connectivity index (χ4v) is 3.56. The number of hydrogen-bond acceptors (Lipinski definition) is 12. The molecule has 39 heavy (non-hydrogen) atoms. The third-order valence-electron chi connectivity index (χ3n) is 4.60. The number of quaternary nitrogens is 1. The monoisotopic (exact) mass is 567 g/mol. The molecule has 2 atom stereocenters. The highest BCUT2D eigenvalue weighted by molar-refractivity contribution is 7.45. The van der Waals surface area contributed by atoms with Gasteiger partial charge in [-0.05, 0) is 11.1 Å². The Morgan fingerprint density at radius 2 is 1.21 bits per heavy atom. The summed E-state index contributed by atoms with van der Waals surface area (Å²) in [6.07, 6.45) is -2.99. The average Bonchev–Trinajstić information content (AvgIpc) is 2.92. The van der Waals surface area contributed by atoms with Gasteiger partial charge in [-0.1, -0.05) is 60.7 Å². The van der Waals surface area contributed by atoms with E-state index in [1.54, 1.807) is 60.7 Å². The number of benzene rings is 2. The van der Waals surface area contributed by atoms with E-state index in [9.17, 15) is 28.6 Å². The van der Waals surface area contributed by atoms with E-state index < -0.39 is 63.9 Å². The maximum absolute atomic E-state index is 12.2. The van der Waals surface area contributed by atoms with Gasteiger partial charge in [0.1, 0.15) is 39.3 Å². The third-order valence-corrected chi connectivity index (χ3v) is 5.57. The van der Waals surface area contributed by atoms with Crippen molar-refractivity contribution in [3.8, 4) is 0 Å². The second-order valence-corrected chi connectivity index (χ2v) is 9.28. The Kier molecular flexibility index (Phi) is 13.8. The molecule has 0 aliphatic heterocycles. The van der Waals surface area contributed by atoms with Gasteiger partial charge < -0.3 is 38.6 Å². The molecule has 2 aromatic rings. The van der Waals surface area contributed by atoms with E-state index in [1.165, 1.54) is 0 Å². The highest BCUT2D eigenvalue weighted by atomic mass is 31.2. The number of carbonyl (C=O) groups is 4. The van der Waals surface area contributed by atoms with Crippen LogP contribution in [0.4, 0.5) is 0 Å². The van der Waals surface area contributed by atoms with Gasteiger partial charge in [0.15, 0.2) is 6.10 Å². The molecule has 212 valence electrons. The SMILES string of the molecule is [NH3+]CCOP(=O)([O-])OCC(COC(=O)CC(=O)OCc1ccccc1)OC(=O)CC(=O)OCc1ccccc1. The fourth-order valence-electron chi connectivity index (χ4n) is 2.78. The van der Waals surface area contributed by atoms with E-state index in [-0.39, 0.29) is 26.4 Å². The minimum Gasteiger partial charge on any atom is -0.756 e. The molecular formula is C25H30NO12P. The van der Waals surface area contributed by atoms with Crippen molar-refractivity contribution in [2.24, 2.45) is 0 Å². The lowest BCUT2D eigenvalue weighted by Gasteiger charge is -2.25. The quantitative estimate of drug-likeness (QED) is 0.120. The molecule has 14 heteroatoms. The zero-order valence-corrected chi connectivity index (χ0v) is 22.0. The maximum Gasteiger partial charge on any atom is 0.317 e. The number of phosphoric acid groups is 1. The summed E-state index contributed by atoms with van der Waals surface area (Å²) < 4.78 is 41.0. The predicted octanol–water partition coefficient (Wildman–Crippen LogP) is 0.452. The first-order valence-corrected chi connectivity index (χ1v) is 13.3. The van der Waals surface area contributed by atoms with Crippen molar-refractivity contribution in [2.45, 2.75) is 32.2 Å². The van der Waals surface area contributed by atoms with Gasteiger partial charge in [-0.25, -0.2) is 0 Å². The van der Waals surface area contributed by atoms with Crippen LogP contribution in [0.5, 0.6) is 0 Å². The summed E-state index contributed by atoms with van der Waals surface area (Å²) in [5.74, 6) is -3.86. The molecule has 2 aromatic carbocycles. The molecule has 3 N–H and O–H groups in total. The molecular weight excluding hydrogens is 537 g/mol. The van der Waals surface area contributed by atoms with E-state index in [0.717, 1.165) is 0 Å². The fraction of sp³-hybridized carbons (Fsp3) is 0.360. The Labute approximate surface area is 224 Å². The highest BCUT2D eigenvalue weighted by Gasteiger charge is 2.23. The van der Waals surface area contributed by atoms with E-state index >= 15 is 0 Å². The molecule has 0 saturated carbocycles. The molecule has 0 bridgehead atoms. The van der Waals surface area contributed by atoms with Gasteiger partial charge in [-0.15, -0.1) is 0 Å². The van der Waals surface area contributed by atoms with E-state index in [4.69, 9.17) is 18.9 Å². The molecule has 2 unspecified atom stereocenters. The van der Waals surface area contributed by atoms with Crippen LogP contribution in [0.3, 0.4) is 0 Å². The minimum absolute atomic E-state index is 0.0481.